The summed E-state index contributed by atoms with van der Waals surface area (Å²) in [5.41, 5.74) is 4.92. The van der Waals surface area contributed by atoms with Crippen molar-refractivity contribution in [2.24, 2.45) is 22.7 Å². The van der Waals surface area contributed by atoms with Crippen LogP contribution in [0.15, 0.2) is 36.7 Å². The van der Waals surface area contributed by atoms with Gasteiger partial charge in [-0.15, -0.1) is 0 Å². The predicted molar refractivity (Wildman–Crippen MR) is 125 cm³/mol. The number of rotatable bonds is 5. The second-order valence-corrected chi connectivity index (χ2v) is 10.6. The van der Waals surface area contributed by atoms with Gasteiger partial charge in [-0.3, -0.25) is 4.79 Å². The minimum Gasteiger partial charge on any atom is -0.396 e. The van der Waals surface area contributed by atoms with Crippen molar-refractivity contribution < 1.29 is 9.90 Å². The SMILES string of the molecule is CC1(C(=O)c2c[nH]c3ncc(-c4cccc(N5C[C@H]6[C@H](CO)[C@@]6(C)C5)c4)nc23)CCCC1. The molecule has 0 unspecified atom stereocenters. The van der Waals surface area contributed by atoms with Gasteiger partial charge in [-0.05, 0) is 42.2 Å². The maximum atomic E-state index is 13.3. The maximum Gasteiger partial charge on any atom is 0.172 e. The third-order valence-corrected chi connectivity index (χ3v) is 8.60. The number of H-pyrrole nitrogens is 1. The lowest BCUT2D eigenvalue weighted by atomic mass is 9.81. The number of carbonyl (C=O) groups is 1. The van der Waals surface area contributed by atoms with Crippen LogP contribution >= 0.6 is 0 Å². The lowest BCUT2D eigenvalue weighted by Crippen LogP contribution is -2.27. The van der Waals surface area contributed by atoms with Gasteiger partial charge < -0.3 is 15.0 Å². The zero-order valence-electron chi connectivity index (χ0n) is 18.8. The summed E-state index contributed by atoms with van der Waals surface area (Å²) in [7, 11) is 0. The topological polar surface area (TPSA) is 82.1 Å². The fraction of sp³-hybridized carbons (Fsp3) is 0.500. The monoisotopic (exact) mass is 430 g/mol. The van der Waals surface area contributed by atoms with Gasteiger partial charge in [0, 0.05) is 42.6 Å². The second-order valence-electron chi connectivity index (χ2n) is 10.6. The van der Waals surface area contributed by atoms with E-state index in [9.17, 15) is 9.90 Å². The summed E-state index contributed by atoms with van der Waals surface area (Å²) in [6.45, 7) is 6.64. The second kappa shape index (κ2) is 6.88. The molecule has 3 aliphatic rings. The van der Waals surface area contributed by atoms with E-state index >= 15 is 0 Å². The van der Waals surface area contributed by atoms with Crippen LogP contribution in [0, 0.1) is 22.7 Å². The van der Waals surface area contributed by atoms with Gasteiger partial charge in [-0.25, -0.2) is 9.97 Å². The summed E-state index contributed by atoms with van der Waals surface area (Å²) in [6, 6.07) is 8.43. The van der Waals surface area contributed by atoms with Gasteiger partial charge in [-0.1, -0.05) is 38.8 Å². The average molecular weight is 431 g/mol. The molecule has 3 atom stereocenters. The Morgan fingerprint density at radius 2 is 2.09 bits per heavy atom. The Hall–Kier alpha value is -2.73. The number of nitrogens with one attached hydrogen (secondary N) is 1. The van der Waals surface area contributed by atoms with Gasteiger partial charge in [0.25, 0.3) is 0 Å². The van der Waals surface area contributed by atoms with Crippen molar-refractivity contribution in [3.05, 3.63) is 42.2 Å². The molecule has 1 aromatic carbocycles. The van der Waals surface area contributed by atoms with Crippen LogP contribution in [-0.4, -0.2) is 45.5 Å². The summed E-state index contributed by atoms with van der Waals surface area (Å²) in [5.74, 6) is 1.21. The summed E-state index contributed by atoms with van der Waals surface area (Å²) in [6.07, 6.45) is 7.69. The third kappa shape index (κ3) is 2.85. The molecule has 3 fully saturated rings. The smallest absolute Gasteiger partial charge is 0.172 e. The highest BCUT2D eigenvalue weighted by Gasteiger charge is 2.65. The average Bonchev–Trinajstić information content (AvgIpc) is 3.28. The first-order valence-electron chi connectivity index (χ1n) is 11.8. The third-order valence-electron chi connectivity index (χ3n) is 8.60. The molecular formula is C26H30N4O2. The first kappa shape index (κ1) is 19.9. The number of benzene rings is 1. The van der Waals surface area contributed by atoms with Gasteiger partial charge in [0.1, 0.15) is 5.52 Å². The number of ketones is 1. The molecule has 2 aliphatic carbocycles. The molecule has 3 heterocycles. The zero-order valence-corrected chi connectivity index (χ0v) is 18.8. The number of fused-ring (bicyclic) bond motifs is 2. The molecule has 6 heteroatoms. The molecular weight excluding hydrogens is 400 g/mol. The highest BCUT2D eigenvalue weighted by molar-refractivity contribution is 6.08. The molecule has 2 aromatic heterocycles. The Bertz CT molecular complexity index is 1210. The zero-order chi connectivity index (χ0) is 22.1. The molecule has 6 rings (SSSR count). The number of carbonyl (C=O) groups excluding carboxylic acids is 1. The minimum absolute atomic E-state index is 0.185. The fourth-order valence-electron chi connectivity index (χ4n) is 6.35. The quantitative estimate of drug-likeness (QED) is 0.585. The van der Waals surface area contributed by atoms with Crippen molar-refractivity contribution >= 4 is 22.6 Å². The number of anilines is 1. The molecule has 6 nitrogen and oxygen atoms in total. The number of aliphatic hydroxyl groups is 1. The number of aromatic amines is 1. The molecule has 1 aliphatic heterocycles. The van der Waals surface area contributed by atoms with Gasteiger partial charge in [0.15, 0.2) is 11.4 Å². The van der Waals surface area contributed by atoms with E-state index in [1.165, 1.54) is 5.69 Å². The van der Waals surface area contributed by atoms with Crippen molar-refractivity contribution in [1.29, 1.82) is 0 Å². The fourth-order valence-corrected chi connectivity index (χ4v) is 6.35. The molecule has 0 spiro atoms. The molecule has 3 aromatic rings. The van der Waals surface area contributed by atoms with E-state index in [1.807, 2.05) is 0 Å². The van der Waals surface area contributed by atoms with Gasteiger partial charge >= 0.3 is 0 Å². The predicted octanol–water partition coefficient (Wildman–Crippen LogP) is 4.45. The van der Waals surface area contributed by atoms with Crippen LogP contribution in [0.3, 0.4) is 0 Å². The lowest BCUT2D eigenvalue weighted by molar-refractivity contribution is 0.0825. The number of Topliss-reactive ketones (excluding diaryl/α,β-unsaturated/α-hetero) is 1. The first-order valence-corrected chi connectivity index (χ1v) is 11.8. The summed E-state index contributed by atoms with van der Waals surface area (Å²) in [5, 5.41) is 9.58. The van der Waals surface area contributed by atoms with Crippen molar-refractivity contribution in [2.45, 2.75) is 39.5 Å². The molecule has 0 bridgehead atoms. The number of nitrogens with zero attached hydrogens (tertiary/aromatic N) is 3. The molecule has 166 valence electrons. The molecule has 0 radical (unpaired) electrons. The first-order chi connectivity index (χ1) is 15.4. The van der Waals surface area contributed by atoms with E-state index in [2.05, 4.69) is 53.0 Å². The van der Waals surface area contributed by atoms with Gasteiger partial charge in [0.05, 0.1) is 17.5 Å². The number of hydrogen-bond acceptors (Lipinski definition) is 5. The van der Waals surface area contributed by atoms with Crippen LogP contribution in [0.2, 0.25) is 0 Å². The standard InChI is InChI=1S/C26H30N4O2/c1-25(8-3-4-9-25)23(32)18-11-27-24-22(18)29-21(12-28-24)16-6-5-7-17(10-16)30-13-19-20(14-31)26(19,2)15-30/h5-7,10-12,19-20,31H,3-4,8-9,13-15H2,1-2H3,(H,27,28)/t19-,20-,26-/m0/s1. The molecule has 32 heavy (non-hydrogen) atoms. The van der Waals surface area contributed by atoms with Crippen LogP contribution in [0.4, 0.5) is 5.69 Å². The Morgan fingerprint density at radius 1 is 1.28 bits per heavy atom. The van der Waals surface area contributed by atoms with Crippen LogP contribution < -0.4 is 4.90 Å². The highest BCUT2D eigenvalue weighted by Crippen LogP contribution is 2.63. The lowest BCUT2D eigenvalue weighted by Gasteiger charge is -2.24. The maximum absolute atomic E-state index is 13.3. The van der Waals surface area contributed by atoms with Crippen LogP contribution in [0.5, 0.6) is 0 Å². The Labute approximate surface area is 188 Å². The summed E-state index contributed by atoms with van der Waals surface area (Å²) >= 11 is 0. The van der Waals surface area contributed by atoms with Crippen LogP contribution in [0.25, 0.3) is 22.4 Å². The van der Waals surface area contributed by atoms with Crippen LogP contribution in [0.1, 0.15) is 49.9 Å². The molecule has 1 saturated heterocycles. The molecule has 2 saturated carbocycles. The van der Waals surface area contributed by atoms with E-state index in [0.29, 0.717) is 35.2 Å². The van der Waals surface area contributed by atoms with E-state index in [0.717, 1.165) is 50.0 Å². The van der Waals surface area contributed by atoms with Crippen LogP contribution in [-0.2, 0) is 0 Å². The number of hydrogen-bond donors (Lipinski definition) is 2. The van der Waals surface area contributed by atoms with Crippen molar-refractivity contribution in [1.82, 2.24) is 15.0 Å². The Balaban J connectivity index is 1.31. The number of aliphatic hydroxyl groups excluding tert-OH is 1. The Morgan fingerprint density at radius 3 is 2.81 bits per heavy atom. The highest BCUT2D eigenvalue weighted by atomic mass is 16.3. The van der Waals surface area contributed by atoms with E-state index in [4.69, 9.17) is 4.98 Å². The summed E-state index contributed by atoms with van der Waals surface area (Å²) < 4.78 is 0. The Kier molecular flexibility index (Phi) is 4.28. The molecule has 2 N–H and O–H groups in total. The largest absolute Gasteiger partial charge is 0.396 e. The normalized spacial score (nSPS) is 28.3. The van der Waals surface area contributed by atoms with Crippen molar-refractivity contribution in [2.75, 3.05) is 24.6 Å². The van der Waals surface area contributed by atoms with E-state index in [-0.39, 0.29) is 16.6 Å². The van der Waals surface area contributed by atoms with E-state index in [1.54, 1.807) is 12.4 Å². The minimum atomic E-state index is -0.286. The number of aromatic nitrogens is 3. The van der Waals surface area contributed by atoms with Crippen molar-refractivity contribution in [3.63, 3.8) is 0 Å². The number of piperidine rings is 1. The van der Waals surface area contributed by atoms with E-state index < -0.39 is 0 Å². The van der Waals surface area contributed by atoms with Gasteiger partial charge in [-0.2, -0.15) is 0 Å². The summed E-state index contributed by atoms with van der Waals surface area (Å²) in [4.78, 5) is 28.4. The molecule has 0 amide bonds. The van der Waals surface area contributed by atoms with Crippen molar-refractivity contribution in [3.8, 4) is 11.3 Å². The van der Waals surface area contributed by atoms with Gasteiger partial charge in [0.2, 0.25) is 0 Å².